The summed E-state index contributed by atoms with van der Waals surface area (Å²) < 4.78 is 5.47. The van der Waals surface area contributed by atoms with E-state index < -0.39 is 0 Å². The third-order valence-corrected chi connectivity index (χ3v) is 4.05. The van der Waals surface area contributed by atoms with Crippen molar-refractivity contribution in [3.63, 3.8) is 0 Å². The van der Waals surface area contributed by atoms with Gasteiger partial charge in [-0.1, -0.05) is 13.8 Å². The van der Waals surface area contributed by atoms with Crippen LogP contribution in [-0.2, 0) is 4.74 Å². The van der Waals surface area contributed by atoms with E-state index in [1.807, 2.05) is 11.8 Å². The Hall–Kier alpha value is 0.270. The molecule has 2 heterocycles. The van der Waals surface area contributed by atoms with Crippen LogP contribution in [0.2, 0.25) is 0 Å². The lowest BCUT2D eigenvalue weighted by Crippen LogP contribution is -2.51. The molecule has 2 rings (SSSR count). The normalized spacial score (nSPS) is 35.0. The first kappa shape index (κ1) is 8.85. The van der Waals surface area contributed by atoms with Crippen molar-refractivity contribution in [1.82, 2.24) is 5.32 Å². The first-order valence-corrected chi connectivity index (χ1v) is 5.75. The van der Waals surface area contributed by atoms with E-state index in [4.69, 9.17) is 4.74 Å². The minimum atomic E-state index is 0.334. The highest BCUT2D eigenvalue weighted by atomic mass is 32.2. The molecule has 12 heavy (non-hydrogen) atoms. The van der Waals surface area contributed by atoms with Gasteiger partial charge < -0.3 is 10.1 Å². The van der Waals surface area contributed by atoms with Crippen LogP contribution in [0.4, 0.5) is 0 Å². The number of hydrogen-bond donors (Lipinski definition) is 1. The van der Waals surface area contributed by atoms with Crippen molar-refractivity contribution in [3.05, 3.63) is 0 Å². The van der Waals surface area contributed by atoms with E-state index in [1.54, 1.807) is 0 Å². The Kier molecular flexibility index (Phi) is 2.36. The molecule has 2 nitrogen and oxygen atoms in total. The summed E-state index contributed by atoms with van der Waals surface area (Å²) in [6.45, 7) is 6.37. The van der Waals surface area contributed by atoms with Gasteiger partial charge in [0.25, 0.3) is 0 Å². The average molecular weight is 187 g/mol. The van der Waals surface area contributed by atoms with Crippen molar-refractivity contribution in [3.8, 4) is 0 Å². The summed E-state index contributed by atoms with van der Waals surface area (Å²) in [7, 11) is 0. The third kappa shape index (κ3) is 1.63. The van der Waals surface area contributed by atoms with Crippen molar-refractivity contribution in [1.29, 1.82) is 0 Å². The zero-order chi connectivity index (χ0) is 8.60. The van der Waals surface area contributed by atoms with E-state index in [1.165, 1.54) is 11.5 Å². The summed E-state index contributed by atoms with van der Waals surface area (Å²) in [6.07, 6.45) is 0. The Labute approximate surface area is 78.4 Å². The fraction of sp³-hybridized carbons (Fsp3) is 1.00. The van der Waals surface area contributed by atoms with Gasteiger partial charge in [-0.2, -0.15) is 11.8 Å². The SMILES string of the molecule is CC1(C)COCC1NC1CSC1. The molecule has 0 bridgehead atoms. The van der Waals surface area contributed by atoms with Crippen LogP contribution >= 0.6 is 11.8 Å². The molecule has 0 saturated carbocycles. The van der Waals surface area contributed by atoms with Crippen LogP contribution in [0, 0.1) is 5.41 Å². The summed E-state index contributed by atoms with van der Waals surface area (Å²) in [6, 6.07) is 1.32. The zero-order valence-electron chi connectivity index (χ0n) is 7.80. The predicted octanol–water partition coefficient (Wildman–Crippen LogP) is 1.12. The average Bonchev–Trinajstić information content (AvgIpc) is 2.21. The van der Waals surface area contributed by atoms with Gasteiger partial charge in [0.15, 0.2) is 0 Å². The minimum absolute atomic E-state index is 0.334. The monoisotopic (exact) mass is 187 g/mol. The molecular weight excluding hydrogens is 170 g/mol. The molecule has 0 radical (unpaired) electrons. The molecule has 0 aromatic carbocycles. The molecule has 0 spiro atoms. The first-order chi connectivity index (χ1) is 5.68. The summed E-state index contributed by atoms with van der Waals surface area (Å²) in [4.78, 5) is 0. The van der Waals surface area contributed by atoms with Crippen LogP contribution in [0.3, 0.4) is 0 Å². The molecule has 3 heteroatoms. The first-order valence-electron chi connectivity index (χ1n) is 4.60. The van der Waals surface area contributed by atoms with Gasteiger partial charge in [0, 0.05) is 29.0 Å². The highest BCUT2D eigenvalue weighted by Crippen LogP contribution is 2.29. The Bertz CT molecular complexity index is 168. The molecular formula is C9H17NOS. The van der Waals surface area contributed by atoms with E-state index >= 15 is 0 Å². The van der Waals surface area contributed by atoms with Gasteiger partial charge in [0.1, 0.15) is 0 Å². The van der Waals surface area contributed by atoms with E-state index in [0.29, 0.717) is 11.5 Å². The van der Waals surface area contributed by atoms with Crippen LogP contribution < -0.4 is 5.32 Å². The number of hydrogen-bond acceptors (Lipinski definition) is 3. The zero-order valence-corrected chi connectivity index (χ0v) is 8.62. The Morgan fingerprint density at radius 1 is 1.42 bits per heavy atom. The maximum atomic E-state index is 5.47. The largest absolute Gasteiger partial charge is 0.379 e. The maximum absolute atomic E-state index is 5.47. The van der Waals surface area contributed by atoms with Gasteiger partial charge in [-0.25, -0.2) is 0 Å². The number of nitrogens with one attached hydrogen (secondary N) is 1. The predicted molar refractivity (Wildman–Crippen MR) is 52.6 cm³/mol. The fourth-order valence-corrected chi connectivity index (χ4v) is 2.32. The van der Waals surface area contributed by atoms with Gasteiger partial charge in [-0.15, -0.1) is 0 Å². The summed E-state index contributed by atoms with van der Waals surface area (Å²) in [5.74, 6) is 2.57. The molecule has 0 aromatic rings. The van der Waals surface area contributed by atoms with Crippen molar-refractivity contribution in [2.75, 3.05) is 24.7 Å². The van der Waals surface area contributed by atoms with Crippen molar-refractivity contribution < 1.29 is 4.74 Å². The van der Waals surface area contributed by atoms with Crippen molar-refractivity contribution in [2.24, 2.45) is 5.41 Å². The second-order valence-corrected chi connectivity index (χ2v) is 5.53. The van der Waals surface area contributed by atoms with Gasteiger partial charge in [-0.05, 0) is 0 Å². The fourth-order valence-electron chi connectivity index (χ4n) is 1.66. The Balaban J connectivity index is 1.85. The number of thioether (sulfide) groups is 1. The van der Waals surface area contributed by atoms with E-state index in [-0.39, 0.29) is 0 Å². The summed E-state index contributed by atoms with van der Waals surface area (Å²) >= 11 is 2.03. The molecule has 2 fully saturated rings. The number of rotatable bonds is 2. The molecule has 70 valence electrons. The van der Waals surface area contributed by atoms with Crippen LogP contribution in [-0.4, -0.2) is 36.8 Å². The Morgan fingerprint density at radius 3 is 2.58 bits per heavy atom. The molecule has 0 aromatic heterocycles. The lowest BCUT2D eigenvalue weighted by atomic mass is 9.87. The lowest BCUT2D eigenvalue weighted by Gasteiger charge is -2.34. The molecule has 2 saturated heterocycles. The highest BCUT2D eigenvalue weighted by molar-refractivity contribution is 8.00. The van der Waals surface area contributed by atoms with Crippen LogP contribution in [0.5, 0.6) is 0 Å². The smallest absolute Gasteiger partial charge is 0.0626 e. The summed E-state index contributed by atoms with van der Waals surface area (Å²) in [5, 5.41) is 3.66. The molecule has 0 aliphatic carbocycles. The maximum Gasteiger partial charge on any atom is 0.0626 e. The lowest BCUT2D eigenvalue weighted by molar-refractivity contribution is 0.166. The van der Waals surface area contributed by atoms with Gasteiger partial charge >= 0.3 is 0 Å². The van der Waals surface area contributed by atoms with Crippen molar-refractivity contribution >= 4 is 11.8 Å². The van der Waals surface area contributed by atoms with Crippen molar-refractivity contribution in [2.45, 2.75) is 25.9 Å². The van der Waals surface area contributed by atoms with Gasteiger partial charge in [0.2, 0.25) is 0 Å². The molecule has 1 N–H and O–H groups in total. The van der Waals surface area contributed by atoms with Gasteiger partial charge in [0.05, 0.1) is 13.2 Å². The second-order valence-electron chi connectivity index (χ2n) is 4.46. The molecule has 0 amide bonds. The number of ether oxygens (including phenoxy) is 1. The molecule has 1 unspecified atom stereocenters. The minimum Gasteiger partial charge on any atom is -0.379 e. The molecule has 2 aliphatic rings. The van der Waals surface area contributed by atoms with E-state index in [0.717, 1.165) is 19.3 Å². The molecule has 2 aliphatic heterocycles. The third-order valence-electron chi connectivity index (χ3n) is 2.78. The topological polar surface area (TPSA) is 21.3 Å². The molecule has 1 atom stereocenters. The highest BCUT2D eigenvalue weighted by Gasteiger charge is 2.37. The van der Waals surface area contributed by atoms with E-state index in [2.05, 4.69) is 19.2 Å². The van der Waals surface area contributed by atoms with Crippen LogP contribution in [0.15, 0.2) is 0 Å². The quantitative estimate of drug-likeness (QED) is 0.700. The second kappa shape index (κ2) is 3.20. The summed E-state index contributed by atoms with van der Waals surface area (Å²) in [5.41, 5.74) is 0.334. The van der Waals surface area contributed by atoms with E-state index in [9.17, 15) is 0 Å². The van der Waals surface area contributed by atoms with Gasteiger partial charge in [-0.3, -0.25) is 0 Å². The van der Waals surface area contributed by atoms with Crippen LogP contribution in [0.1, 0.15) is 13.8 Å². The van der Waals surface area contributed by atoms with Crippen LogP contribution in [0.25, 0.3) is 0 Å². The Morgan fingerprint density at radius 2 is 2.17 bits per heavy atom. The standard InChI is InChI=1S/C9H17NOS/c1-9(2)6-11-3-8(9)10-7-4-12-5-7/h7-8,10H,3-6H2,1-2H3.